The van der Waals surface area contributed by atoms with E-state index in [-0.39, 0.29) is 19.0 Å². The van der Waals surface area contributed by atoms with Crippen molar-refractivity contribution < 1.29 is 24.2 Å². The predicted octanol–water partition coefficient (Wildman–Crippen LogP) is 3.49. The summed E-state index contributed by atoms with van der Waals surface area (Å²) in [6, 6.07) is 9.94. The molecule has 184 valence electrons. The van der Waals surface area contributed by atoms with Crippen LogP contribution in [-0.2, 0) is 14.3 Å². The van der Waals surface area contributed by atoms with Gasteiger partial charge in [0.1, 0.15) is 11.5 Å². The molecule has 1 atom stereocenters. The molecule has 2 aromatic carbocycles. The number of amides is 1. The highest BCUT2D eigenvalue weighted by Crippen LogP contribution is 2.33. The van der Waals surface area contributed by atoms with Crippen LogP contribution in [0, 0.1) is 7.14 Å². The van der Waals surface area contributed by atoms with Crippen LogP contribution in [0.5, 0.6) is 11.5 Å². The van der Waals surface area contributed by atoms with Crippen molar-refractivity contribution in [2.24, 2.45) is 5.10 Å². The van der Waals surface area contributed by atoms with Crippen LogP contribution in [0.2, 0.25) is 0 Å². The molecule has 0 aliphatic carbocycles. The van der Waals surface area contributed by atoms with Gasteiger partial charge in [0, 0.05) is 11.3 Å². The molecule has 9 nitrogen and oxygen atoms in total. The summed E-state index contributed by atoms with van der Waals surface area (Å²) in [7, 11) is 0. The minimum atomic E-state index is -0.612. The number of para-hydroxylation sites is 1. The molecule has 2 aromatic rings. The summed E-state index contributed by atoms with van der Waals surface area (Å²) < 4.78 is 12.4. The Bertz CT molecular complexity index is 1200. The average Bonchev–Trinajstić information content (AvgIpc) is 2.81. The lowest BCUT2D eigenvalue weighted by atomic mass is 9.95. The van der Waals surface area contributed by atoms with Gasteiger partial charge < -0.3 is 25.2 Å². The molecule has 0 radical (unpaired) electrons. The third kappa shape index (κ3) is 7.04. The summed E-state index contributed by atoms with van der Waals surface area (Å²) in [5.74, 6) is -0.325. The van der Waals surface area contributed by atoms with Crippen LogP contribution in [0.1, 0.15) is 31.0 Å². The number of esters is 1. The monoisotopic (exact) mass is 720 g/mol. The third-order valence-corrected chi connectivity index (χ3v) is 6.66. The zero-order valence-corrected chi connectivity index (χ0v) is 23.9. The van der Waals surface area contributed by atoms with Crippen molar-refractivity contribution in [3.05, 3.63) is 65.9 Å². The van der Waals surface area contributed by atoms with Crippen LogP contribution in [-0.4, -0.2) is 41.5 Å². The van der Waals surface area contributed by atoms with Crippen molar-refractivity contribution >= 4 is 80.6 Å². The number of phenols is 1. The largest absolute Gasteiger partial charge is 0.506 e. The number of nitrogens with one attached hydrogen (secondary N) is 3. The first-order chi connectivity index (χ1) is 16.7. The number of aromatic hydroxyl groups is 1. The highest BCUT2D eigenvalue weighted by Gasteiger charge is 2.32. The molecule has 35 heavy (non-hydrogen) atoms. The molecule has 0 saturated carbocycles. The van der Waals surface area contributed by atoms with Gasteiger partial charge in [-0.05, 0) is 95.0 Å². The molecule has 1 aliphatic heterocycles. The van der Waals surface area contributed by atoms with Crippen LogP contribution in [0.15, 0.2) is 52.8 Å². The molecule has 1 aliphatic rings. The zero-order chi connectivity index (χ0) is 25.5. The van der Waals surface area contributed by atoms with Crippen molar-refractivity contribution in [2.45, 2.75) is 19.9 Å². The first kappa shape index (κ1) is 27.1. The van der Waals surface area contributed by atoms with Crippen LogP contribution in [0.25, 0.3) is 0 Å². The Kier molecular flexibility index (Phi) is 9.68. The maximum absolute atomic E-state index is 12.6. The Hall–Kier alpha value is -2.46. The fourth-order valence-electron chi connectivity index (χ4n) is 3.27. The van der Waals surface area contributed by atoms with E-state index in [0.717, 1.165) is 5.56 Å². The number of nitrogens with zero attached hydrogens (tertiary/aromatic N) is 1. The standard InChI is InChI=1S/C23H22I2N4O5S/c1-3-33-22(32)19-12(2)27-23(35)28-20(19)14-6-4-5-7-17(14)34-11-18(30)29-26-10-13-8-15(24)21(31)16(25)9-13/h4-10,20,31H,3,11H2,1-2H3,(H,29,30)(H2,27,28,35)/t20-/m0/s1. The summed E-state index contributed by atoms with van der Waals surface area (Å²) in [6.07, 6.45) is 1.48. The van der Waals surface area contributed by atoms with E-state index in [1.807, 2.05) is 45.2 Å². The molecular formula is C23H22I2N4O5S. The molecule has 0 fully saturated rings. The molecule has 1 amide bonds. The topological polar surface area (TPSA) is 121 Å². The molecule has 0 spiro atoms. The number of thiocarbonyl (C=S) groups is 1. The van der Waals surface area contributed by atoms with Crippen LogP contribution in [0.3, 0.4) is 0 Å². The van der Waals surface area contributed by atoms with E-state index in [9.17, 15) is 14.7 Å². The average molecular weight is 720 g/mol. The molecule has 0 saturated heterocycles. The highest BCUT2D eigenvalue weighted by molar-refractivity contribution is 14.1. The number of phenolic OH excluding ortho intramolecular Hbond substituents is 1. The lowest BCUT2D eigenvalue weighted by Gasteiger charge is -2.30. The summed E-state index contributed by atoms with van der Waals surface area (Å²) >= 11 is 9.32. The summed E-state index contributed by atoms with van der Waals surface area (Å²) in [6.45, 7) is 3.41. The second-order valence-corrected chi connectivity index (χ2v) is 9.98. The number of allylic oxidation sites excluding steroid dienone is 1. The van der Waals surface area contributed by atoms with Gasteiger partial charge in [-0.1, -0.05) is 18.2 Å². The Labute approximate surface area is 235 Å². The van der Waals surface area contributed by atoms with Gasteiger partial charge in [0.25, 0.3) is 5.91 Å². The van der Waals surface area contributed by atoms with Crippen molar-refractivity contribution in [1.82, 2.24) is 16.1 Å². The van der Waals surface area contributed by atoms with E-state index in [1.54, 1.807) is 50.2 Å². The van der Waals surface area contributed by atoms with Crippen LogP contribution >= 0.6 is 57.4 Å². The SMILES string of the molecule is CCOC(=O)C1=C(C)NC(=S)N[C@H]1c1ccccc1OCC(=O)NN=Cc1cc(I)c(O)c(I)c1. The van der Waals surface area contributed by atoms with Crippen molar-refractivity contribution in [3.8, 4) is 11.5 Å². The van der Waals surface area contributed by atoms with E-state index >= 15 is 0 Å². The number of carbonyl (C=O) groups excluding carboxylic acids is 2. The lowest BCUT2D eigenvalue weighted by Crippen LogP contribution is -2.45. The van der Waals surface area contributed by atoms with Gasteiger partial charge in [-0.25, -0.2) is 10.2 Å². The number of halogens is 2. The summed E-state index contributed by atoms with van der Waals surface area (Å²) in [5, 5.41) is 20.2. The second-order valence-electron chi connectivity index (χ2n) is 7.24. The smallest absolute Gasteiger partial charge is 0.338 e. The first-order valence-electron chi connectivity index (χ1n) is 10.4. The van der Waals surface area contributed by atoms with E-state index in [2.05, 4.69) is 21.2 Å². The second kappa shape index (κ2) is 12.5. The molecular weight excluding hydrogens is 698 g/mol. The third-order valence-electron chi connectivity index (χ3n) is 4.80. The maximum atomic E-state index is 12.6. The van der Waals surface area contributed by atoms with Gasteiger partial charge in [-0.15, -0.1) is 0 Å². The van der Waals surface area contributed by atoms with Crippen molar-refractivity contribution in [2.75, 3.05) is 13.2 Å². The highest BCUT2D eigenvalue weighted by atomic mass is 127. The van der Waals surface area contributed by atoms with E-state index in [0.29, 0.717) is 34.8 Å². The summed E-state index contributed by atoms with van der Waals surface area (Å²) in [5.41, 5.74) is 4.73. The molecule has 1 heterocycles. The number of hydrogen-bond acceptors (Lipinski definition) is 7. The van der Waals surface area contributed by atoms with E-state index in [1.165, 1.54) is 6.21 Å². The lowest BCUT2D eigenvalue weighted by molar-refractivity contribution is -0.139. The minimum absolute atomic E-state index is 0.208. The normalized spacial score (nSPS) is 15.4. The van der Waals surface area contributed by atoms with Gasteiger partial charge in [0.15, 0.2) is 11.7 Å². The Balaban J connectivity index is 1.71. The number of benzene rings is 2. The van der Waals surface area contributed by atoms with Crippen molar-refractivity contribution in [1.29, 1.82) is 0 Å². The predicted molar refractivity (Wildman–Crippen MR) is 152 cm³/mol. The Morgan fingerprint density at radius 3 is 2.63 bits per heavy atom. The fraction of sp³-hybridized carbons (Fsp3) is 0.217. The van der Waals surface area contributed by atoms with Crippen LogP contribution in [0.4, 0.5) is 0 Å². The first-order valence-corrected chi connectivity index (χ1v) is 12.9. The molecule has 0 aromatic heterocycles. The van der Waals surface area contributed by atoms with Gasteiger partial charge in [-0.2, -0.15) is 5.10 Å². The maximum Gasteiger partial charge on any atom is 0.338 e. The minimum Gasteiger partial charge on any atom is -0.506 e. The number of hydrogen-bond donors (Lipinski definition) is 4. The van der Waals surface area contributed by atoms with E-state index in [4.69, 9.17) is 21.7 Å². The van der Waals surface area contributed by atoms with Crippen molar-refractivity contribution in [3.63, 3.8) is 0 Å². The molecule has 0 bridgehead atoms. The van der Waals surface area contributed by atoms with Crippen LogP contribution < -0.4 is 20.8 Å². The van der Waals surface area contributed by atoms with Gasteiger partial charge in [-0.3, -0.25) is 4.79 Å². The van der Waals surface area contributed by atoms with Gasteiger partial charge >= 0.3 is 5.97 Å². The number of hydrazone groups is 1. The van der Waals surface area contributed by atoms with Gasteiger partial charge in [0.2, 0.25) is 0 Å². The fourth-order valence-corrected chi connectivity index (χ4v) is 5.36. The molecule has 12 heteroatoms. The molecule has 0 unspecified atom stereocenters. The number of rotatable bonds is 8. The van der Waals surface area contributed by atoms with E-state index < -0.39 is 17.9 Å². The quantitative estimate of drug-likeness (QED) is 0.108. The van der Waals surface area contributed by atoms with Gasteiger partial charge in [0.05, 0.1) is 31.6 Å². The Morgan fingerprint density at radius 1 is 1.26 bits per heavy atom. The zero-order valence-electron chi connectivity index (χ0n) is 18.7. The molecule has 3 rings (SSSR count). The Morgan fingerprint density at radius 2 is 1.94 bits per heavy atom. The number of ether oxygens (including phenoxy) is 2. The summed E-state index contributed by atoms with van der Waals surface area (Å²) in [4.78, 5) is 25.0. The number of carbonyl (C=O) groups is 2. The molecule has 4 N–H and O–H groups in total.